The molecule has 1 N–H and O–H groups in total. The Morgan fingerprint density at radius 2 is 1.88 bits per heavy atom. The quantitative estimate of drug-likeness (QED) is 0.783. The minimum Gasteiger partial charge on any atom is -0.497 e. The zero-order valence-corrected chi connectivity index (χ0v) is 15.5. The maximum Gasteiger partial charge on any atom is 0.221 e. The molecule has 0 radical (unpaired) electrons. The van der Waals surface area contributed by atoms with Crippen LogP contribution in [0.15, 0.2) is 42.5 Å². The van der Waals surface area contributed by atoms with Crippen LogP contribution >= 0.6 is 23.2 Å². The molecule has 0 spiro atoms. The summed E-state index contributed by atoms with van der Waals surface area (Å²) in [6.07, 6.45) is 1.05. The monoisotopic (exact) mass is 365 g/mol. The Balaban J connectivity index is 1.98. The van der Waals surface area contributed by atoms with E-state index in [0.29, 0.717) is 22.9 Å². The lowest BCUT2D eigenvalue weighted by Gasteiger charge is -2.27. The molecule has 3 nitrogen and oxygen atoms in total. The standard InChI is InChI=1S/C19H21Cl2NO2/c1-19(2,14-8-9-16(20)17(21)12-14)22-18(23)10-7-13-5-4-6-15(11-13)24-3/h4-6,8-9,11-12H,7,10H2,1-3H3,(H,22,23). The molecule has 0 fully saturated rings. The van der Waals surface area contributed by atoms with Gasteiger partial charge in [0.2, 0.25) is 5.91 Å². The highest BCUT2D eigenvalue weighted by Gasteiger charge is 2.23. The molecule has 0 heterocycles. The molecule has 0 bridgehead atoms. The van der Waals surface area contributed by atoms with Crippen molar-refractivity contribution in [3.63, 3.8) is 0 Å². The van der Waals surface area contributed by atoms with Gasteiger partial charge in [0.25, 0.3) is 0 Å². The van der Waals surface area contributed by atoms with E-state index in [-0.39, 0.29) is 5.91 Å². The molecule has 0 unspecified atom stereocenters. The third-order valence-corrected chi connectivity index (χ3v) is 4.61. The molecule has 0 aliphatic heterocycles. The zero-order chi connectivity index (χ0) is 17.7. The van der Waals surface area contributed by atoms with Gasteiger partial charge >= 0.3 is 0 Å². The van der Waals surface area contributed by atoms with Gasteiger partial charge in [-0.25, -0.2) is 0 Å². The summed E-state index contributed by atoms with van der Waals surface area (Å²) in [4.78, 5) is 12.3. The average Bonchev–Trinajstić information content (AvgIpc) is 2.55. The normalized spacial score (nSPS) is 11.2. The van der Waals surface area contributed by atoms with Gasteiger partial charge in [0, 0.05) is 6.42 Å². The van der Waals surface area contributed by atoms with Crippen LogP contribution in [0.2, 0.25) is 10.0 Å². The fourth-order valence-electron chi connectivity index (χ4n) is 2.45. The van der Waals surface area contributed by atoms with Gasteiger partial charge in [-0.05, 0) is 55.7 Å². The Kier molecular flexibility index (Phi) is 6.14. The van der Waals surface area contributed by atoms with Crippen LogP contribution in [-0.2, 0) is 16.8 Å². The maximum absolute atomic E-state index is 12.3. The Hall–Kier alpha value is -1.71. The highest BCUT2D eigenvalue weighted by atomic mass is 35.5. The molecule has 1 amide bonds. The van der Waals surface area contributed by atoms with Crippen molar-refractivity contribution >= 4 is 29.1 Å². The lowest BCUT2D eigenvalue weighted by Crippen LogP contribution is -2.41. The van der Waals surface area contributed by atoms with Gasteiger partial charge in [-0.3, -0.25) is 4.79 Å². The molecular formula is C19H21Cl2NO2. The van der Waals surface area contributed by atoms with Crippen LogP contribution in [0.3, 0.4) is 0 Å². The summed E-state index contributed by atoms with van der Waals surface area (Å²) in [5.41, 5.74) is 1.45. The van der Waals surface area contributed by atoms with E-state index in [1.807, 2.05) is 44.2 Å². The number of hydrogen-bond acceptors (Lipinski definition) is 2. The number of hydrogen-bond donors (Lipinski definition) is 1. The zero-order valence-electron chi connectivity index (χ0n) is 14.0. The predicted octanol–water partition coefficient (Wildman–Crippen LogP) is 4.99. The van der Waals surface area contributed by atoms with Crippen LogP contribution in [0.4, 0.5) is 0 Å². The number of benzene rings is 2. The Morgan fingerprint density at radius 3 is 2.54 bits per heavy atom. The van der Waals surface area contributed by atoms with Crippen LogP contribution in [0, 0.1) is 0 Å². The highest BCUT2D eigenvalue weighted by molar-refractivity contribution is 6.42. The second-order valence-electron chi connectivity index (χ2n) is 6.15. The Morgan fingerprint density at radius 1 is 1.12 bits per heavy atom. The van der Waals surface area contributed by atoms with E-state index in [1.54, 1.807) is 19.2 Å². The second kappa shape index (κ2) is 7.91. The number of nitrogens with one attached hydrogen (secondary N) is 1. The molecule has 24 heavy (non-hydrogen) atoms. The van der Waals surface area contributed by atoms with Crippen LogP contribution in [0.5, 0.6) is 5.75 Å². The molecular weight excluding hydrogens is 345 g/mol. The maximum atomic E-state index is 12.3. The number of ether oxygens (including phenoxy) is 1. The van der Waals surface area contributed by atoms with Crippen LogP contribution in [-0.4, -0.2) is 13.0 Å². The molecule has 2 aromatic rings. The first-order valence-corrected chi connectivity index (χ1v) is 8.47. The van der Waals surface area contributed by atoms with Crippen molar-refractivity contribution in [2.24, 2.45) is 0 Å². The summed E-state index contributed by atoms with van der Waals surface area (Å²) in [7, 11) is 1.63. The molecule has 0 aromatic heterocycles. The van der Waals surface area contributed by atoms with Crippen molar-refractivity contribution in [1.29, 1.82) is 0 Å². The molecule has 2 aromatic carbocycles. The number of rotatable bonds is 6. The first-order chi connectivity index (χ1) is 11.3. The van der Waals surface area contributed by atoms with Crippen molar-refractivity contribution in [2.45, 2.75) is 32.2 Å². The van der Waals surface area contributed by atoms with Gasteiger partial charge in [0.15, 0.2) is 0 Å². The third kappa shape index (κ3) is 4.89. The first-order valence-electron chi connectivity index (χ1n) is 7.71. The van der Waals surface area contributed by atoms with Gasteiger partial charge in [-0.1, -0.05) is 41.4 Å². The fraction of sp³-hybridized carbons (Fsp3) is 0.316. The van der Waals surface area contributed by atoms with Crippen LogP contribution < -0.4 is 10.1 Å². The first kappa shape index (κ1) is 18.6. The van der Waals surface area contributed by atoms with Crippen LogP contribution in [0.25, 0.3) is 0 Å². The summed E-state index contributed by atoms with van der Waals surface area (Å²) >= 11 is 12.0. The van der Waals surface area contributed by atoms with E-state index >= 15 is 0 Å². The molecule has 0 saturated heterocycles. The molecule has 2 rings (SSSR count). The van der Waals surface area contributed by atoms with Gasteiger partial charge in [-0.2, -0.15) is 0 Å². The van der Waals surface area contributed by atoms with Gasteiger partial charge < -0.3 is 10.1 Å². The van der Waals surface area contributed by atoms with E-state index in [9.17, 15) is 4.79 Å². The molecule has 0 saturated carbocycles. The van der Waals surface area contributed by atoms with E-state index < -0.39 is 5.54 Å². The average molecular weight is 366 g/mol. The SMILES string of the molecule is COc1cccc(CCC(=O)NC(C)(C)c2ccc(Cl)c(Cl)c2)c1. The number of aryl methyl sites for hydroxylation is 1. The third-order valence-electron chi connectivity index (χ3n) is 3.87. The lowest BCUT2D eigenvalue weighted by atomic mass is 9.94. The van der Waals surface area contributed by atoms with E-state index in [1.165, 1.54) is 0 Å². The number of halogens is 2. The van der Waals surface area contributed by atoms with E-state index in [4.69, 9.17) is 27.9 Å². The number of carbonyl (C=O) groups excluding carboxylic acids is 1. The van der Waals surface area contributed by atoms with Crippen molar-refractivity contribution in [3.05, 3.63) is 63.6 Å². The largest absolute Gasteiger partial charge is 0.497 e. The van der Waals surface area contributed by atoms with Gasteiger partial charge in [0.05, 0.1) is 22.7 Å². The fourth-order valence-corrected chi connectivity index (χ4v) is 2.75. The number of methoxy groups -OCH3 is 1. The predicted molar refractivity (Wildman–Crippen MR) is 98.9 cm³/mol. The van der Waals surface area contributed by atoms with Gasteiger partial charge in [0.1, 0.15) is 5.75 Å². The number of carbonyl (C=O) groups is 1. The lowest BCUT2D eigenvalue weighted by molar-refractivity contribution is -0.122. The Bertz CT molecular complexity index is 729. The summed E-state index contributed by atoms with van der Waals surface area (Å²) in [5, 5.41) is 4.03. The number of amides is 1. The topological polar surface area (TPSA) is 38.3 Å². The molecule has 128 valence electrons. The minimum absolute atomic E-state index is 0.0195. The summed E-state index contributed by atoms with van der Waals surface area (Å²) in [6, 6.07) is 13.1. The summed E-state index contributed by atoms with van der Waals surface area (Å²) < 4.78 is 5.20. The van der Waals surface area contributed by atoms with Gasteiger partial charge in [-0.15, -0.1) is 0 Å². The Labute approximate surface area is 152 Å². The minimum atomic E-state index is -0.528. The highest BCUT2D eigenvalue weighted by Crippen LogP contribution is 2.28. The summed E-state index contributed by atoms with van der Waals surface area (Å²) in [6.45, 7) is 3.88. The summed E-state index contributed by atoms with van der Waals surface area (Å²) in [5.74, 6) is 0.776. The van der Waals surface area contributed by atoms with Crippen molar-refractivity contribution < 1.29 is 9.53 Å². The van der Waals surface area contributed by atoms with Crippen molar-refractivity contribution in [3.8, 4) is 5.75 Å². The molecule has 0 atom stereocenters. The second-order valence-corrected chi connectivity index (χ2v) is 6.97. The van der Waals surface area contributed by atoms with Crippen LogP contribution in [0.1, 0.15) is 31.4 Å². The van der Waals surface area contributed by atoms with Crippen molar-refractivity contribution in [2.75, 3.05) is 7.11 Å². The van der Waals surface area contributed by atoms with Crippen molar-refractivity contribution in [1.82, 2.24) is 5.32 Å². The van der Waals surface area contributed by atoms with E-state index in [2.05, 4.69) is 5.32 Å². The molecule has 0 aliphatic rings. The molecule has 0 aliphatic carbocycles. The van der Waals surface area contributed by atoms with E-state index in [0.717, 1.165) is 16.9 Å². The smallest absolute Gasteiger partial charge is 0.221 e. The molecule has 5 heteroatoms.